The third-order valence-electron chi connectivity index (χ3n) is 4.26. The zero-order valence-electron chi connectivity index (χ0n) is 16.8. The van der Waals surface area contributed by atoms with Gasteiger partial charge in [-0.2, -0.15) is 0 Å². The van der Waals surface area contributed by atoms with Crippen LogP contribution in [0.2, 0.25) is 0 Å². The first-order valence-corrected chi connectivity index (χ1v) is 9.67. The van der Waals surface area contributed by atoms with Crippen LogP contribution in [0.5, 0.6) is 17.2 Å². The summed E-state index contributed by atoms with van der Waals surface area (Å²) >= 11 is 0. The molecule has 2 amide bonds. The molecule has 0 bridgehead atoms. The highest BCUT2D eigenvalue weighted by Crippen LogP contribution is 2.24. The van der Waals surface area contributed by atoms with Gasteiger partial charge in [0, 0.05) is 19.3 Å². The number of nitrogens with one attached hydrogen (secondary N) is 2. The SMILES string of the molecule is C#CCOc1ccc(CCNC(=O)NCc2ccc(Oc3cccnc3)c(F)c2)cc1. The van der Waals surface area contributed by atoms with Gasteiger partial charge in [0.25, 0.3) is 0 Å². The van der Waals surface area contributed by atoms with Crippen molar-refractivity contribution in [1.29, 1.82) is 0 Å². The van der Waals surface area contributed by atoms with Crippen LogP contribution in [0.15, 0.2) is 67.0 Å². The molecule has 0 fully saturated rings. The number of carbonyl (C=O) groups is 1. The number of aromatic nitrogens is 1. The van der Waals surface area contributed by atoms with Crippen LogP contribution < -0.4 is 20.1 Å². The molecule has 0 spiro atoms. The molecule has 158 valence electrons. The van der Waals surface area contributed by atoms with Crippen molar-refractivity contribution in [2.24, 2.45) is 0 Å². The Morgan fingerprint density at radius 3 is 2.58 bits per heavy atom. The van der Waals surface area contributed by atoms with Crippen molar-refractivity contribution >= 4 is 6.03 Å². The lowest BCUT2D eigenvalue weighted by atomic mass is 10.1. The number of carbonyl (C=O) groups excluding carboxylic acids is 1. The lowest BCUT2D eigenvalue weighted by molar-refractivity contribution is 0.240. The monoisotopic (exact) mass is 419 g/mol. The topological polar surface area (TPSA) is 72.5 Å². The van der Waals surface area contributed by atoms with Crippen LogP contribution in [0.4, 0.5) is 9.18 Å². The highest BCUT2D eigenvalue weighted by molar-refractivity contribution is 5.73. The number of rotatable bonds is 9. The number of terminal acetylenes is 1. The van der Waals surface area contributed by atoms with Gasteiger partial charge in [0.05, 0.1) is 6.20 Å². The van der Waals surface area contributed by atoms with Gasteiger partial charge in [-0.05, 0) is 53.9 Å². The molecule has 0 saturated carbocycles. The van der Waals surface area contributed by atoms with E-state index in [1.165, 1.54) is 18.3 Å². The Balaban J connectivity index is 1.40. The second-order valence-electron chi connectivity index (χ2n) is 6.55. The Hall–Kier alpha value is -4.05. The molecule has 0 aliphatic carbocycles. The predicted molar refractivity (Wildman–Crippen MR) is 115 cm³/mol. The number of pyridine rings is 1. The molecule has 0 unspecified atom stereocenters. The van der Waals surface area contributed by atoms with E-state index in [1.807, 2.05) is 24.3 Å². The molecule has 0 aliphatic heterocycles. The minimum atomic E-state index is -0.516. The Labute approximate surface area is 180 Å². The Morgan fingerprint density at radius 2 is 1.87 bits per heavy atom. The lowest BCUT2D eigenvalue weighted by Crippen LogP contribution is -2.36. The second-order valence-corrected chi connectivity index (χ2v) is 6.55. The number of halogens is 1. The molecule has 1 aromatic heterocycles. The van der Waals surface area contributed by atoms with Gasteiger partial charge in [0.1, 0.15) is 18.1 Å². The van der Waals surface area contributed by atoms with E-state index in [4.69, 9.17) is 15.9 Å². The number of ether oxygens (including phenoxy) is 2. The quantitative estimate of drug-likeness (QED) is 0.513. The van der Waals surface area contributed by atoms with Gasteiger partial charge in [0.2, 0.25) is 0 Å². The maximum atomic E-state index is 14.3. The van der Waals surface area contributed by atoms with Crippen molar-refractivity contribution in [2.45, 2.75) is 13.0 Å². The molecule has 0 saturated heterocycles. The molecule has 2 aromatic carbocycles. The summed E-state index contributed by atoms with van der Waals surface area (Å²) in [5, 5.41) is 5.48. The second kappa shape index (κ2) is 11.2. The van der Waals surface area contributed by atoms with E-state index >= 15 is 0 Å². The first-order valence-electron chi connectivity index (χ1n) is 9.67. The number of nitrogens with zero attached hydrogens (tertiary/aromatic N) is 1. The zero-order valence-corrected chi connectivity index (χ0v) is 16.8. The number of hydrogen-bond donors (Lipinski definition) is 2. The first kappa shape index (κ1) is 21.7. The third kappa shape index (κ3) is 7.05. The van der Waals surface area contributed by atoms with Gasteiger partial charge in [-0.3, -0.25) is 4.98 Å². The largest absolute Gasteiger partial charge is 0.481 e. The van der Waals surface area contributed by atoms with Gasteiger partial charge < -0.3 is 20.1 Å². The van der Waals surface area contributed by atoms with Crippen LogP contribution in [0, 0.1) is 18.2 Å². The van der Waals surface area contributed by atoms with E-state index in [2.05, 4.69) is 21.5 Å². The summed E-state index contributed by atoms with van der Waals surface area (Å²) in [6.07, 6.45) is 8.93. The van der Waals surface area contributed by atoms with E-state index in [1.54, 1.807) is 24.4 Å². The molecule has 3 rings (SSSR count). The van der Waals surface area contributed by atoms with Crippen LogP contribution >= 0.6 is 0 Å². The van der Waals surface area contributed by atoms with E-state index in [0.717, 1.165) is 5.56 Å². The average molecular weight is 419 g/mol. The summed E-state index contributed by atoms with van der Waals surface area (Å²) < 4.78 is 25.0. The van der Waals surface area contributed by atoms with Gasteiger partial charge in [-0.15, -0.1) is 6.42 Å². The minimum absolute atomic E-state index is 0.0944. The summed E-state index contributed by atoms with van der Waals surface area (Å²) in [6.45, 7) is 0.880. The van der Waals surface area contributed by atoms with Crippen LogP contribution in [0.1, 0.15) is 11.1 Å². The van der Waals surface area contributed by atoms with Crippen LogP contribution in [0.25, 0.3) is 0 Å². The predicted octanol–water partition coefficient (Wildman–Crippen LogP) is 4.07. The maximum Gasteiger partial charge on any atom is 0.315 e. The summed E-state index contributed by atoms with van der Waals surface area (Å²) in [5.74, 6) is 3.14. The molecule has 7 heteroatoms. The standard InChI is InChI=1S/C24H22FN3O3/c1-2-14-30-20-8-5-18(6-9-20)11-13-27-24(29)28-16-19-7-10-23(22(25)15-19)31-21-4-3-12-26-17-21/h1,3-10,12,15,17H,11,13-14,16H2,(H2,27,28,29). The van der Waals surface area contributed by atoms with Crippen molar-refractivity contribution in [2.75, 3.05) is 13.2 Å². The summed E-state index contributed by atoms with van der Waals surface area (Å²) in [5.41, 5.74) is 1.67. The van der Waals surface area contributed by atoms with E-state index in [-0.39, 0.29) is 24.9 Å². The Kier molecular flexibility index (Phi) is 7.83. The maximum absolute atomic E-state index is 14.3. The molecule has 1 heterocycles. The van der Waals surface area contributed by atoms with E-state index in [9.17, 15) is 9.18 Å². The van der Waals surface area contributed by atoms with Crippen molar-refractivity contribution in [3.8, 4) is 29.6 Å². The highest BCUT2D eigenvalue weighted by Gasteiger charge is 2.07. The summed E-state index contributed by atoms with van der Waals surface area (Å²) in [6, 6.07) is 15.1. The summed E-state index contributed by atoms with van der Waals surface area (Å²) in [4.78, 5) is 15.9. The number of urea groups is 1. The summed E-state index contributed by atoms with van der Waals surface area (Å²) in [7, 11) is 0. The smallest absolute Gasteiger partial charge is 0.315 e. The average Bonchev–Trinajstić information content (AvgIpc) is 2.79. The van der Waals surface area contributed by atoms with Crippen molar-refractivity contribution < 1.29 is 18.7 Å². The number of benzene rings is 2. The van der Waals surface area contributed by atoms with E-state index in [0.29, 0.717) is 30.0 Å². The molecule has 0 radical (unpaired) electrons. The van der Waals surface area contributed by atoms with Gasteiger partial charge in [-0.1, -0.05) is 24.1 Å². The molecule has 31 heavy (non-hydrogen) atoms. The molecular weight excluding hydrogens is 397 g/mol. The third-order valence-corrected chi connectivity index (χ3v) is 4.26. The van der Waals surface area contributed by atoms with Gasteiger partial charge in [-0.25, -0.2) is 9.18 Å². The Morgan fingerprint density at radius 1 is 1.06 bits per heavy atom. The molecule has 6 nitrogen and oxygen atoms in total. The number of amides is 2. The Bertz CT molecular complexity index is 1030. The molecule has 3 aromatic rings. The molecule has 0 atom stereocenters. The normalized spacial score (nSPS) is 10.1. The van der Waals surface area contributed by atoms with Crippen molar-refractivity contribution in [3.05, 3.63) is 83.9 Å². The number of hydrogen-bond acceptors (Lipinski definition) is 4. The molecule has 2 N–H and O–H groups in total. The fourth-order valence-corrected chi connectivity index (χ4v) is 2.71. The van der Waals surface area contributed by atoms with Gasteiger partial charge in [0.15, 0.2) is 11.6 Å². The fourth-order valence-electron chi connectivity index (χ4n) is 2.71. The van der Waals surface area contributed by atoms with Crippen LogP contribution in [-0.4, -0.2) is 24.2 Å². The first-order chi connectivity index (χ1) is 15.1. The lowest BCUT2D eigenvalue weighted by Gasteiger charge is -2.10. The fraction of sp³-hybridized carbons (Fsp3) is 0.167. The van der Waals surface area contributed by atoms with Gasteiger partial charge >= 0.3 is 6.03 Å². The molecule has 0 aliphatic rings. The minimum Gasteiger partial charge on any atom is -0.481 e. The highest BCUT2D eigenvalue weighted by atomic mass is 19.1. The van der Waals surface area contributed by atoms with Crippen LogP contribution in [-0.2, 0) is 13.0 Å². The van der Waals surface area contributed by atoms with Crippen LogP contribution in [0.3, 0.4) is 0 Å². The molecular formula is C24H22FN3O3. The van der Waals surface area contributed by atoms with Crippen molar-refractivity contribution in [1.82, 2.24) is 15.6 Å². The van der Waals surface area contributed by atoms with Crippen molar-refractivity contribution in [3.63, 3.8) is 0 Å². The van der Waals surface area contributed by atoms with E-state index < -0.39 is 5.82 Å². The zero-order chi connectivity index (χ0) is 21.9.